The first-order valence-corrected chi connectivity index (χ1v) is 9.98. The number of hydrogen-bond acceptors (Lipinski definition) is 5. The lowest BCUT2D eigenvalue weighted by molar-refractivity contribution is 0.0915. The van der Waals surface area contributed by atoms with E-state index in [1.807, 2.05) is 37.9 Å². The van der Waals surface area contributed by atoms with Crippen molar-refractivity contribution in [1.82, 2.24) is 29.8 Å². The second kappa shape index (κ2) is 8.55. The van der Waals surface area contributed by atoms with Gasteiger partial charge in [0.05, 0.1) is 12.2 Å². The number of nitrogens with one attached hydrogen (secondary N) is 1. The van der Waals surface area contributed by atoms with Gasteiger partial charge in [0.1, 0.15) is 11.5 Å². The van der Waals surface area contributed by atoms with E-state index in [2.05, 4.69) is 20.6 Å². The van der Waals surface area contributed by atoms with E-state index >= 15 is 0 Å². The normalized spacial score (nSPS) is 11.3. The highest BCUT2D eigenvalue weighted by molar-refractivity contribution is 5.91. The van der Waals surface area contributed by atoms with Gasteiger partial charge in [-0.3, -0.25) is 9.48 Å². The molecule has 0 aliphatic carbocycles. The van der Waals surface area contributed by atoms with Crippen LogP contribution in [-0.4, -0.2) is 36.9 Å². The summed E-state index contributed by atoms with van der Waals surface area (Å²) >= 11 is 0. The maximum Gasteiger partial charge on any atom is 0.289 e. The average molecular weight is 422 g/mol. The van der Waals surface area contributed by atoms with Gasteiger partial charge in [-0.25, -0.2) is 9.37 Å². The first kappa shape index (κ1) is 20.5. The Hall–Kier alpha value is -3.75. The van der Waals surface area contributed by atoms with Crippen molar-refractivity contribution in [2.75, 3.05) is 6.54 Å². The summed E-state index contributed by atoms with van der Waals surface area (Å²) in [6.45, 7) is 4.75. The molecule has 0 bridgehead atoms. The van der Waals surface area contributed by atoms with Gasteiger partial charge >= 0.3 is 0 Å². The molecule has 160 valence electrons. The quantitative estimate of drug-likeness (QED) is 0.491. The Bertz CT molecular complexity index is 1190. The zero-order valence-electron chi connectivity index (χ0n) is 17.5. The Morgan fingerprint density at radius 3 is 2.68 bits per heavy atom. The zero-order valence-corrected chi connectivity index (χ0v) is 17.5. The first-order valence-electron chi connectivity index (χ1n) is 9.98. The maximum absolute atomic E-state index is 13.4. The number of amides is 1. The van der Waals surface area contributed by atoms with Gasteiger partial charge in [-0.15, -0.1) is 0 Å². The molecule has 4 rings (SSSR count). The summed E-state index contributed by atoms with van der Waals surface area (Å²) in [5, 5.41) is 11.4. The van der Waals surface area contributed by atoms with E-state index in [9.17, 15) is 9.18 Å². The zero-order chi connectivity index (χ0) is 22.0. The molecule has 1 amide bonds. The van der Waals surface area contributed by atoms with Crippen LogP contribution in [0, 0.1) is 5.82 Å². The van der Waals surface area contributed by atoms with Gasteiger partial charge in [0.25, 0.3) is 5.91 Å². The fraction of sp³-hybridized carbons (Fsp3) is 0.273. The topological polar surface area (TPSA) is 90.8 Å². The van der Waals surface area contributed by atoms with Crippen molar-refractivity contribution >= 4 is 5.91 Å². The predicted octanol–water partition coefficient (Wildman–Crippen LogP) is 3.63. The van der Waals surface area contributed by atoms with Crippen molar-refractivity contribution in [2.24, 2.45) is 7.05 Å². The molecule has 0 saturated carbocycles. The van der Waals surface area contributed by atoms with E-state index in [0.717, 1.165) is 16.8 Å². The van der Waals surface area contributed by atoms with Crippen molar-refractivity contribution in [3.8, 4) is 22.6 Å². The third-order valence-electron chi connectivity index (χ3n) is 4.92. The second-order valence-electron chi connectivity index (χ2n) is 7.55. The standard InChI is InChI=1S/C22H23FN6O2/c1-14(2)18-12-19(31-27-18)22(30)25-9-11-29-13-17(15-4-6-16(23)7-5-15)20(26-29)21-24-8-10-28(21)3/h4-8,10,12-14H,9,11H2,1-3H3,(H,25,30). The summed E-state index contributed by atoms with van der Waals surface area (Å²) in [6.07, 6.45) is 5.41. The van der Waals surface area contributed by atoms with Crippen LogP contribution in [0.2, 0.25) is 0 Å². The number of carbonyl (C=O) groups is 1. The van der Waals surface area contributed by atoms with Crippen LogP contribution in [0.3, 0.4) is 0 Å². The molecule has 31 heavy (non-hydrogen) atoms. The summed E-state index contributed by atoms with van der Waals surface area (Å²) in [6, 6.07) is 7.90. The van der Waals surface area contributed by atoms with Gasteiger partial charge < -0.3 is 14.4 Å². The number of aromatic nitrogens is 5. The highest BCUT2D eigenvalue weighted by atomic mass is 19.1. The smallest absolute Gasteiger partial charge is 0.289 e. The van der Waals surface area contributed by atoms with Crippen LogP contribution in [0.4, 0.5) is 4.39 Å². The molecule has 0 spiro atoms. The van der Waals surface area contributed by atoms with Crippen LogP contribution in [0.5, 0.6) is 0 Å². The Morgan fingerprint density at radius 2 is 2.03 bits per heavy atom. The minimum atomic E-state index is -0.324. The molecule has 0 radical (unpaired) electrons. The molecule has 3 aromatic heterocycles. The van der Waals surface area contributed by atoms with Gasteiger partial charge in [-0.05, 0) is 23.6 Å². The van der Waals surface area contributed by atoms with Crippen LogP contribution < -0.4 is 5.32 Å². The molecule has 9 heteroatoms. The van der Waals surface area contributed by atoms with Crippen LogP contribution in [0.25, 0.3) is 22.6 Å². The average Bonchev–Trinajstić information content (AvgIpc) is 3.48. The second-order valence-corrected chi connectivity index (χ2v) is 7.55. The van der Waals surface area contributed by atoms with Gasteiger partial charge in [0.2, 0.25) is 5.76 Å². The van der Waals surface area contributed by atoms with E-state index < -0.39 is 0 Å². The molecule has 0 unspecified atom stereocenters. The molecule has 1 aromatic carbocycles. The third-order valence-corrected chi connectivity index (χ3v) is 4.92. The first-order chi connectivity index (χ1) is 14.9. The van der Waals surface area contributed by atoms with Crippen molar-refractivity contribution in [1.29, 1.82) is 0 Å². The molecular formula is C22H23FN6O2. The largest absolute Gasteiger partial charge is 0.351 e. The van der Waals surface area contributed by atoms with Crippen molar-refractivity contribution in [2.45, 2.75) is 26.3 Å². The predicted molar refractivity (Wildman–Crippen MR) is 113 cm³/mol. The number of carbonyl (C=O) groups excluding carboxylic acids is 1. The summed E-state index contributed by atoms with van der Waals surface area (Å²) in [4.78, 5) is 16.7. The third kappa shape index (κ3) is 4.40. The molecule has 0 aliphatic heterocycles. The summed E-state index contributed by atoms with van der Waals surface area (Å²) in [7, 11) is 1.89. The van der Waals surface area contributed by atoms with Crippen LogP contribution in [0.1, 0.15) is 36.0 Å². The van der Waals surface area contributed by atoms with Crippen molar-refractivity contribution in [3.63, 3.8) is 0 Å². The fourth-order valence-electron chi connectivity index (χ4n) is 3.17. The van der Waals surface area contributed by atoms with Gasteiger partial charge in [0, 0.05) is 43.8 Å². The van der Waals surface area contributed by atoms with Crippen LogP contribution in [-0.2, 0) is 13.6 Å². The van der Waals surface area contributed by atoms with Crippen molar-refractivity contribution < 1.29 is 13.7 Å². The molecule has 1 N–H and O–H groups in total. The molecule has 8 nitrogen and oxygen atoms in total. The summed E-state index contributed by atoms with van der Waals surface area (Å²) < 4.78 is 22.1. The fourth-order valence-corrected chi connectivity index (χ4v) is 3.17. The Morgan fingerprint density at radius 1 is 1.26 bits per heavy atom. The lowest BCUT2D eigenvalue weighted by Crippen LogP contribution is -2.27. The van der Waals surface area contributed by atoms with E-state index in [1.54, 1.807) is 29.1 Å². The van der Waals surface area contributed by atoms with E-state index in [1.165, 1.54) is 12.1 Å². The number of benzene rings is 1. The van der Waals surface area contributed by atoms with Crippen LogP contribution >= 0.6 is 0 Å². The molecule has 0 saturated heterocycles. The molecule has 0 atom stereocenters. The van der Waals surface area contributed by atoms with Crippen molar-refractivity contribution in [3.05, 3.63) is 66.2 Å². The van der Waals surface area contributed by atoms with E-state index in [0.29, 0.717) is 24.6 Å². The lowest BCUT2D eigenvalue weighted by Gasteiger charge is -2.03. The van der Waals surface area contributed by atoms with E-state index in [-0.39, 0.29) is 23.4 Å². The minimum Gasteiger partial charge on any atom is -0.351 e. The number of halogens is 1. The molecule has 0 fully saturated rings. The number of imidazole rings is 1. The molecular weight excluding hydrogens is 399 g/mol. The number of nitrogens with zero attached hydrogens (tertiary/aromatic N) is 5. The monoisotopic (exact) mass is 422 g/mol. The van der Waals surface area contributed by atoms with E-state index in [4.69, 9.17) is 4.52 Å². The van der Waals surface area contributed by atoms with Gasteiger partial charge in [-0.1, -0.05) is 31.1 Å². The minimum absolute atomic E-state index is 0.184. The SMILES string of the molecule is CC(C)c1cc(C(=O)NCCn2cc(-c3ccc(F)cc3)c(-c3nccn3C)n2)on1. The Balaban J connectivity index is 1.51. The Labute approximate surface area is 178 Å². The van der Waals surface area contributed by atoms with Crippen LogP contribution in [0.15, 0.2) is 53.4 Å². The molecule has 4 aromatic rings. The summed E-state index contributed by atoms with van der Waals surface area (Å²) in [5.41, 5.74) is 3.08. The van der Waals surface area contributed by atoms with Gasteiger partial charge in [-0.2, -0.15) is 5.10 Å². The number of hydrogen-bond donors (Lipinski definition) is 1. The molecule has 3 heterocycles. The highest BCUT2D eigenvalue weighted by Gasteiger charge is 2.18. The Kier molecular flexibility index (Phi) is 5.66. The number of aryl methyl sites for hydroxylation is 1. The van der Waals surface area contributed by atoms with Gasteiger partial charge in [0.15, 0.2) is 5.82 Å². The number of rotatable bonds is 7. The molecule has 0 aliphatic rings. The lowest BCUT2D eigenvalue weighted by atomic mass is 10.1. The highest BCUT2D eigenvalue weighted by Crippen LogP contribution is 2.30. The summed E-state index contributed by atoms with van der Waals surface area (Å²) in [5.74, 6) is 0.443. The maximum atomic E-state index is 13.4.